The zero-order chi connectivity index (χ0) is 13.0. The summed E-state index contributed by atoms with van der Waals surface area (Å²) in [6, 6.07) is 7.81. The highest BCUT2D eigenvalue weighted by Crippen LogP contribution is 2.27. The lowest BCUT2D eigenvalue weighted by Crippen LogP contribution is -1.99. The number of aromatic nitrogens is 1. The minimum absolute atomic E-state index is 0.619. The standard InChI is InChI=1S/C14H17ClN2O/c1-3-17-7-6-11(10-17)9-16-12-4-5-14(18-2)13(15)8-12/h4-8,10,16H,3,9H2,1-2H3. The van der Waals surface area contributed by atoms with Gasteiger partial charge in [0.25, 0.3) is 0 Å². The minimum atomic E-state index is 0.619. The number of nitrogens with zero attached hydrogens (tertiary/aromatic N) is 1. The number of nitrogens with one attached hydrogen (secondary N) is 1. The number of hydrogen-bond acceptors (Lipinski definition) is 2. The fraction of sp³-hybridized carbons (Fsp3) is 0.286. The van der Waals surface area contributed by atoms with Crippen LogP contribution in [0.3, 0.4) is 0 Å². The van der Waals surface area contributed by atoms with E-state index in [1.54, 1.807) is 7.11 Å². The Bertz CT molecular complexity index is 522. The predicted molar refractivity (Wildman–Crippen MR) is 75.4 cm³/mol. The fourth-order valence-electron chi connectivity index (χ4n) is 1.77. The van der Waals surface area contributed by atoms with Crippen molar-refractivity contribution in [2.24, 2.45) is 0 Å². The molecule has 2 aromatic rings. The third-order valence-corrected chi connectivity index (χ3v) is 3.12. The Balaban J connectivity index is 1.99. The van der Waals surface area contributed by atoms with Gasteiger partial charge in [-0.2, -0.15) is 0 Å². The van der Waals surface area contributed by atoms with Gasteiger partial charge in [0, 0.05) is 31.2 Å². The van der Waals surface area contributed by atoms with Gasteiger partial charge < -0.3 is 14.6 Å². The smallest absolute Gasteiger partial charge is 0.137 e. The van der Waals surface area contributed by atoms with Crippen molar-refractivity contribution in [2.45, 2.75) is 20.0 Å². The molecule has 18 heavy (non-hydrogen) atoms. The molecule has 0 unspecified atom stereocenters. The van der Waals surface area contributed by atoms with Gasteiger partial charge in [-0.3, -0.25) is 0 Å². The van der Waals surface area contributed by atoms with E-state index < -0.39 is 0 Å². The van der Waals surface area contributed by atoms with Gasteiger partial charge in [0.1, 0.15) is 5.75 Å². The van der Waals surface area contributed by atoms with Gasteiger partial charge in [-0.15, -0.1) is 0 Å². The third-order valence-electron chi connectivity index (χ3n) is 2.83. The second-order valence-electron chi connectivity index (χ2n) is 4.05. The molecule has 3 nitrogen and oxygen atoms in total. The van der Waals surface area contributed by atoms with Crippen molar-refractivity contribution in [1.82, 2.24) is 4.57 Å². The molecule has 0 radical (unpaired) electrons. The average molecular weight is 265 g/mol. The van der Waals surface area contributed by atoms with E-state index in [1.807, 2.05) is 18.2 Å². The number of benzene rings is 1. The molecule has 1 aromatic carbocycles. The average Bonchev–Trinajstić information content (AvgIpc) is 2.84. The van der Waals surface area contributed by atoms with Gasteiger partial charge in [-0.1, -0.05) is 11.6 Å². The van der Waals surface area contributed by atoms with Crippen molar-refractivity contribution in [2.75, 3.05) is 12.4 Å². The molecule has 0 atom stereocenters. The molecule has 0 saturated carbocycles. The largest absolute Gasteiger partial charge is 0.495 e. The van der Waals surface area contributed by atoms with Crippen LogP contribution in [0.1, 0.15) is 12.5 Å². The number of anilines is 1. The summed E-state index contributed by atoms with van der Waals surface area (Å²) in [6.45, 7) is 3.91. The number of ether oxygens (including phenoxy) is 1. The number of aryl methyl sites for hydroxylation is 1. The molecule has 1 aromatic heterocycles. The van der Waals surface area contributed by atoms with Crippen LogP contribution in [-0.4, -0.2) is 11.7 Å². The molecular weight excluding hydrogens is 248 g/mol. The Kier molecular flexibility index (Phi) is 4.15. The van der Waals surface area contributed by atoms with Crippen LogP contribution in [-0.2, 0) is 13.1 Å². The molecule has 0 spiro atoms. The van der Waals surface area contributed by atoms with E-state index in [1.165, 1.54) is 5.56 Å². The maximum Gasteiger partial charge on any atom is 0.137 e. The van der Waals surface area contributed by atoms with Crippen LogP contribution in [0.4, 0.5) is 5.69 Å². The highest BCUT2D eigenvalue weighted by Gasteiger charge is 2.02. The first-order valence-electron chi connectivity index (χ1n) is 5.95. The van der Waals surface area contributed by atoms with Gasteiger partial charge in [0.15, 0.2) is 0 Å². The Morgan fingerprint density at radius 1 is 1.33 bits per heavy atom. The molecule has 2 rings (SSSR count). The molecule has 0 amide bonds. The first-order chi connectivity index (χ1) is 8.72. The van der Waals surface area contributed by atoms with Crippen molar-refractivity contribution in [3.8, 4) is 5.75 Å². The topological polar surface area (TPSA) is 26.2 Å². The van der Waals surface area contributed by atoms with E-state index in [-0.39, 0.29) is 0 Å². The lowest BCUT2D eigenvalue weighted by atomic mass is 10.2. The number of rotatable bonds is 5. The summed E-state index contributed by atoms with van der Waals surface area (Å²) < 4.78 is 7.27. The van der Waals surface area contributed by atoms with Gasteiger partial charge >= 0.3 is 0 Å². The van der Waals surface area contributed by atoms with Crippen LogP contribution in [0.25, 0.3) is 0 Å². The Morgan fingerprint density at radius 2 is 2.17 bits per heavy atom. The molecule has 0 aliphatic carbocycles. The molecule has 4 heteroatoms. The molecule has 0 saturated heterocycles. The highest BCUT2D eigenvalue weighted by atomic mass is 35.5. The molecule has 0 bridgehead atoms. The summed E-state index contributed by atoms with van der Waals surface area (Å²) in [4.78, 5) is 0. The predicted octanol–water partition coefficient (Wildman–Crippen LogP) is 3.78. The maximum absolute atomic E-state index is 6.07. The summed E-state index contributed by atoms with van der Waals surface area (Å²) in [5.74, 6) is 0.694. The van der Waals surface area contributed by atoms with Crippen LogP contribution in [0.15, 0.2) is 36.7 Å². The summed E-state index contributed by atoms with van der Waals surface area (Å²) in [5, 5.41) is 3.96. The van der Waals surface area contributed by atoms with Crippen molar-refractivity contribution >= 4 is 17.3 Å². The molecule has 0 aliphatic heterocycles. The lowest BCUT2D eigenvalue weighted by molar-refractivity contribution is 0.415. The Labute approximate surface area is 112 Å². The van der Waals surface area contributed by atoms with Crippen molar-refractivity contribution in [3.05, 3.63) is 47.2 Å². The SMILES string of the molecule is CCn1ccc(CNc2ccc(OC)c(Cl)c2)c1. The van der Waals surface area contributed by atoms with Gasteiger partial charge in [0.2, 0.25) is 0 Å². The number of halogens is 1. The zero-order valence-electron chi connectivity index (χ0n) is 10.6. The van der Waals surface area contributed by atoms with E-state index >= 15 is 0 Å². The molecule has 1 heterocycles. The van der Waals surface area contributed by atoms with E-state index in [2.05, 4.69) is 35.3 Å². The molecule has 1 N–H and O–H groups in total. The maximum atomic E-state index is 6.07. The van der Waals surface area contributed by atoms with Crippen molar-refractivity contribution in [1.29, 1.82) is 0 Å². The second-order valence-corrected chi connectivity index (χ2v) is 4.46. The van der Waals surface area contributed by atoms with Crippen molar-refractivity contribution in [3.63, 3.8) is 0 Å². The Hall–Kier alpha value is -1.61. The monoisotopic (exact) mass is 264 g/mol. The Morgan fingerprint density at radius 3 is 2.78 bits per heavy atom. The fourth-order valence-corrected chi connectivity index (χ4v) is 2.03. The molecular formula is C14H17ClN2O. The van der Waals surface area contributed by atoms with Gasteiger partial charge in [-0.25, -0.2) is 0 Å². The first kappa shape index (κ1) is 12.8. The molecule has 96 valence electrons. The molecule has 0 fully saturated rings. The summed E-state index contributed by atoms with van der Waals surface area (Å²) >= 11 is 6.07. The van der Waals surface area contributed by atoms with E-state index in [9.17, 15) is 0 Å². The summed E-state index contributed by atoms with van der Waals surface area (Å²) in [7, 11) is 1.61. The second kappa shape index (κ2) is 5.83. The number of methoxy groups -OCH3 is 1. The first-order valence-corrected chi connectivity index (χ1v) is 6.32. The van der Waals surface area contributed by atoms with Gasteiger partial charge in [0.05, 0.1) is 12.1 Å². The van der Waals surface area contributed by atoms with Crippen molar-refractivity contribution < 1.29 is 4.74 Å². The lowest BCUT2D eigenvalue weighted by Gasteiger charge is -2.08. The highest BCUT2D eigenvalue weighted by molar-refractivity contribution is 6.32. The van der Waals surface area contributed by atoms with Crippen LogP contribution < -0.4 is 10.1 Å². The van der Waals surface area contributed by atoms with Crippen LogP contribution >= 0.6 is 11.6 Å². The minimum Gasteiger partial charge on any atom is -0.495 e. The van der Waals surface area contributed by atoms with Crippen LogP contribution in [0.2, 0.25) is 5.02 Å². The van der Waals surface area contributed by atoms with Crippen LogP contribution in [0.5, 0.6) is 5.75 Å². The number of hydrogen-bond donors (Lipinski definition) is 1. The normalized spacial score (nSPS) is 10.4. The quantitative estimate of drug-likeness (QED) is 0.889. The van der Waals surface area contributed by atoms with Crippen LogP contribution in [0, 0.1) is 0 Å². The van der Waals surface area contributed by atoms with E-state index in [4.69, 9.17) is 16.3 Å². The van der Waals surface area contributed by atoms with E-state index in [0.29, 0.717) is 10.8 Å². The molecule has 0 aliphatic rings. The van der Waals surface area contributed by atoms with E-state index in [0.717, 1.165) is 18.8 Å². The van der Waals surface area contributed by atoms with Gasteiger partial charge in [-0.05, 0) is 36.8 Å². The summed E-state index contributed by atoms with van der Waals surface area (Å²) in [5.41, 5.74) is 2.24. The summed E-state index contributed by atoms with van der Waals surface area (Å²) in [6.07, 6.45) is 4.22. The zero-order valence-corrected chi connectivity index (χ0v) is 11.4. The third kappa shape index (κ3) is 2.99.